The van der Waals surface area contributed by atoms with Gasteiger partial charge in [-0.3, -0.25) is 9.20 Å². The molecule has 0 saturated heterocycles. The lowest BCUT2D eigenvalue weighted by molar-refractivity contribution is 0.112. The van der Waals surface area contributed by atoms with Crippen molar-refractivity contribution in [3.05, 3.63) is 42.7 Å². The van der Waals surface area contributed by atoms with Crippen molar-refractivity contribution in [3.63, 3.8) is 0 Å². The van der Waals surface area contributed by atoms with E-state index in [0.717, 1.165) is 26.9 Å². The second-order valence-electron chi connectivity index (χ2n) is 4.67. The van der Waals surface area contributed by atoms with E-state index < -0.39 is 0 Å². The summed E-state index contributed by atoms with van der Waals surface area (Å²) in [6.45, 7) is 8.00. The minimum absolute atomic E-state index is 0.0188. The molecule has 4 aromatic rings. The molecule has 0 radical (unpaired) electrons. The molecule has 148 valence electrons. The van der Waals surface area contributed by atoms with Gasteiger partial charge in [0, 0.05) is 30.2 Å². The Hall–Kier alpha value is -2.79. The van der Waals surface area contributed by atoms with Crippen LogP contribution in [0.25, 0.3) is 16.9 Å². The van der Waals surface area contributed by atoms with E-state index in [1.54, 1.807) is 37.1 Å². The van der Waals surface area contributed by atoms with Gasteiger partial charge in [-0.25, -0.2) is 9.97 Å². The van der Waals surface area contributed by atoms with Gasteiger partial charge in [-0.05, 0) is 11.5 Å². The molecule has 11 heteroatoms. The van der Waals surface area contributed by atoms with Crippen molar-refractivity contribution in [2.24, 2.45) is 0 Å². The molecular weight excluding hydrogens is 401 g/mol. The van der Waals surface area contributed by atoms with Crippen LogP contribution in [0, 0.1) is 0 Å². The Kier molecular flexibility index (Phi) is 8.08. The summed E-state index contributed by atoms with van der Waals surface area (Å²) < 4.78 is 19.5. The number of fused-ring (bicyclic) bond motifs is 1. The summed E-state index contributed by atoms with van der Waals surface area (Å²) >= 11 is 1.18. The van der Waals surface area contributed by atoms with Gasteiger partial charge in [-0.2, -0.15) is 13.6 Å². The summed E-state index contributed by atoms with van der Waals surface area (Å²) in [6, 6.07) is 1.63. The van der Waals surface area contributed by atoms with Crippen molar-refractivity contribution >= 4 is 46.6 Å². The van der Waals surface area contributed by atoms with Gasteiger partial charge in [0.05, 0.1) is 18.1 Å². The highest BCUT2D eigenvalue weighted by Gasteiger charge is 2.13. The molecule has 0 bridgehead atoms. The molecule has 0 amide bonds. The van der Waals surface area contributed by atoms with Crippen LogP contribution in [-0.4, -0.2) is 34.2 Å². The highest BCUT2D eigenvalue weighted by atomic mass is 32.2. The topological polar surface area (TPSA) is 90.0 Å². The second kappa shape index (κ2) is 10.5. The summed E-state index contributed by atoms with van der Waals surface area (Å²) in [4.78, 5) is 19.4. The van der Waals surface area contributed by atoms with Gasteiger partial charge in [-0.1, -0.05) is 27.7 Å². The van der Waals surface area contributed by atoms with Gasteiger partial charge in [0.2, 0.25) is 0 Å². The molecule has 0 unspecified atom stereocenters. The maximum absolute atomic E-state index is 12.6. The number of hydrogen-bond acceptors (Lipinski definition) is 8. The third kappa shape index (κ3) is 4.54. The van der Waals surface area contributed by atoms with Gasteiger partial charge in [-0.15, -0.1) is 3.89 Å². The first-order chi connectivity index (χ1) is 13.8. The number of carbonyl (C=O) groups excluding carboxylic acids is 1. The molecule has 0 aliphatic carbocycles. The molecular formula is C17H20FN7OS2. The van der Waals surface area contributed by atoms with Crippen molar-refractivity contribution in [3.8, 4) is 11.3 Å². The summed E-state index contributed by atoms with van der Waals surface area (Å²) in [6.07, 6.45) is 8.85. The normalized spacial score (nSPS) is 9.89. The number of halogens is 1. The van der Waals surface area contributed by atoms with Gasteiger partial charge in [0.25, 0.3) is 0 Å². The zero-order valence-electron chi connectivity index (χ0n) is 15.8. The van der Waals surface area contributed by atoms with Crippen LogP contribution in [0.4, 0.5) is 14.7 Å². The number of carbonyl (C=O) groups is 1. The van der Waals surface area contributed by atoms with Crippen LogP contribution in [0.3, 0.4) is 0 Å². The fourth-order valence-corrected chi connectivity index (χ4v) is 3.07. The number of nitrogens with one attached hydrogen (secondary N) is 1. The van der Waals surface area contributed by atoms with Crippen molar-refractivity contribution in [1.82, 2.24) is 27.9 Å². The largest absolute Gasteiger partial charge is 0.328 e. The monoisotopic (exact) mass is 421 g/mol. The van der Waals surface area contributed by atoms with E-state index in [2.05, 4.69) is 24.8 Å². The lowest BCUT2D eigenvalue weighted by Gasteiger charge is -2.04. The van der Waals surface area contributed by atoms with E-state index in [0.29, 0.717) is 28.4 Å². The van der Waals surface area contributed by atoms with Crippen LogP contribution in [-0.2, 0) is 0 Å². The molecule has 4 aromatic heterocycles. The van der Waals surface area contributed by atoms with Gasteiger partial charge < -0.3 is 5.32 Å². The molecule has 4 rings (SSSR count). The van der Waals surface area contributed by atoms with Crippen LogP contribution in [0.15, 0.2) is 37.1 Å². The number of anilines is 2. The van der Waals surface area contributed by atoms with Crippen LogP contribution in [0.2, 0.25) is 0 Å². The Bertz CT molecular complexity index is 1030. The van der Waals surface area contributed by atoms with Gasteiger partial charge >= 0.3 is 0 Å². The molecule has 28 heavy (non-hydrogen) atoms. The molecule has 8 nitrogen and oxygen atoms in total. The van der Waals surface area contributed by atoms with Crippen LogP contribution >= 0.6 is 23.9 Å². The smallest absolute Gasteiger partial charge is 0.187 e. The van der Waals surface area contributed by atoms with E-state index in [-0.39, 0.29) is 12.3 Å². The van der Waals surface area contributed by atoms with Crippen molar-refractivity contribution in [1.29, 1.82) is 0 Å². The van der Waals surface area contributed by atoms with Crippen molar-refractivity contribution in [2.75, 3.05) is 5.32 Å². The molecule has 0 spiro atoms. The first-order valence-electron chi connectivity index (χ1n) is 8.63. The predicted molar refractivity (Wildman–Crippen MR) is 112 cm³/mol. The molecule has 0 aromatic carbocycles. The van der Waals surface area contributed by atoms with Crippen LogP contribution in [0.5, 0.6) is 0 Å². The number of nitrogens with zero attached hydrogens (tertiary/aromatic N) is 6. The Morgan fingerprint density at radius 2 is 2.00 bits per heavy atom. The number of imidazole rings is 1. The highest BCUT2D eigenvalue weighted by molar-refractivity contribution is 7.92. The molecule has 1 N–H and O–H groups in total. The quantitative estimate of drug-likeness (QED) is 0.452. The summed E-state index contributed by atoms with van der Waals surface area (Å²) in [5, 5.41) is 7.68. The minimum atomic E-state index is 0.0188. The average Bonchev–Trinajstić information content (AvgIpc) is 3.50. The number of hydrogen-bond donors (Lipinski definition) is 1. The highest BCUT2D eigenvalue weighted by Crippen LogP contribution is 2.27. The van der Waals surface area contributed by atoms with Gasteiger partial charge in [0.1, 0.15) is 10.7 Å². The first kappa shape index (κ1) is 21.5. The summed E-state index contributed by atoms with van der Waals surface area (Å²) in [5.41, 5.74) is 2.43. The Morgan fingerprint density at radius 1 is 1.21 bits per heavy atom. The third-order valence-corrected chi connectivity index (χ3v) is 4.31. The third-order valence-electron chi connectivity index (χ3n) is 3.25. The Balaban J connectivity index is 0.000000660. The van der Waals surface area contributed by atoms with Crippen molar-refractivity contribution in [2.45, 2.75) is 27.7 Å². The van der Waals surface area contributed by atoms with E-state index in [1.165, 1.54) is 0 Å². The Morgan fingerprint density at radius 3 is 2.64 bits per heavy atom. The standard InChI is InChI=1S/C13H8FN7OS2.2C2H6/c14-24-21-6-8(4-17-21)10-5-16-13-12(15-1-2-20(10)13)18-11-3-9(7-22)19-23-11;2*1-2/h1-7H,(H,15,18);2*1-2H3. The molecule has 0 saturated carbocycles. The number of aromatic nitrogens is 6. The fourth-order valence-electron chi connectivity index (χ4n) is 2.22. The van der Waals surface area contributed by atoms with Crippen LogP contribution < -0.4 is 5.32 Å². The zero-order chi connectivity index (χ0) is 20.5. The lowest BCUT2D eigenvalue weighted by Crippen LogP contribution is -1.97. The molecule has 0 aliphatic rings. The molecule has 4 heterocycles. The average molecular weight is 422 g/mol. The minimum Gasteiger partial charge on any atom is -0.328 e. The summed E-state index contributed by atoms with van der Waals surface area (Å²) in [5.74, 6) is 0.525. The zero-order valence-corrected chi connectivity index (χ0v) is 17.5. The van der Waals surface area contributed by atoms with Crippen LogP contribution in [0.1, 0.15) is 38.2 Å². The SMILES string of the molecule is CC.CC.O=Cc1cc(Nc2nccn3c(-c4cnn(SF)c4)cnc23)sn1. The Labute approximate surface area is 170 Å². The lowest BCUT2D eigenvalue weighted by atomic mass is 10.3. The van der Waals surface area contributed by atoms with E-state index >= 15 is 0 Å². The van der Waals surface area contributed by atoms with E-state index in [1.807, 2.05) is 32.1 Å². The second-order valence-corrected chi connectivity index (χ2v) is 5.99. The molecule has 0 fully saturated rings. The fraction of sp³-hybridized carbons (Fsp3) is 0.235. The maximum atomic E-state index is 12.6. The maximum Gasteiger partial charge on any atom is 0.187 e. The molecule has 0 atom stereocenters. The molecule has 0 aliphatic heterocycles. The van der Waals surface area contributed by atoms with E-state index in [9.17, 15) is 8.68 Å². The van der Waals surface area contributed by atoms with E-state index in [4.69, 9.17) is 0 Å². The first-order valence-corrected chi connectivity index (χ1v) is 10.1. The number of aldehydes is 1. The van der Waals surface area contributed by atoms with Gasteiger partial charge in [0.15, 0.2) is 30.1 Å². The van der Waals surface area contributed by atoms with Crippen molar-refractivity contribution < 1.29 is 8.68 Å². The summed E-state index contributed by atoms with van der Waals surface area (Å²) in [7, 11) is 0. The number of rotatable bonds is 5. The predicted octanol–water partition coefficient (Wildman–Crippen LogP) is 5.04.